The summed E-state index contributed by atoms with van der Waals surface area (Å²) in [4.78, 5) is 2.07. The molecular weight excluding hydrogens is 310 g/mol. The van der Waals surface area contributed by atoms with E-state index >= 15 is 0 Å². The van der Waals surface area contributed by atoms with E-state index in [1.54, 1.807) is 6.20 Å². The van der Waals surface area contributed by atoms with Gasteiger partial charge in [0.15, 0.2) is 5.15 Å². The highest BCUT2D eigenvalue weighted by atomic mass is 35.5. The molecule has 0 aliphatic carbocycles. The van der Waals surface area contributed by atoms with E-state index in [1.165, 1.54) is 11.5 Å². The third-order valence-electron chi connectivity index (χ3n) is 3.80. The number of hydrogen-bond donors (Lipinski definition) is 2. The Balaban J connectivity index is 1.69. The number of nitrogens with one attached hydrogen (secondary N) is 1. The maximum atomic E-state index is 10.7. The summed E-state index contributed by atoms with van der Waals surface area (Å²) in [6.07, 6.45) is 3.51. The van der Waals surface area contributed by atoms with Crippen LogP contribution < -0.4 is 4.90 Å². The Morgan fingerprint density at radius 2 is 2.29 bits per heavy atom. The van der Waals surface area contributed by atoms with Crippen LogP contribution in [0.5, 0.6) is 0 Å². The molecule has 0 radical (unpaired) electrons. The normalized spacial score (nSPS) is 17.7. The quantitative estimate of drug-likeness (QED) is 0.901. The van der Waals surface area contributed by atoms with Crippen molar-refractivity contribution in [3.63, 3.8) is 0 Å². The molecule has 1 saturated heterocycles. The Labute approximate surface area is 131 Å². The summed E-state index contributed by atoms with van der Waals surface area (Å²) in [5, 5.41) is 27.6. The minimum atomic E-state index is -0.732. The minimum Gasteiger partial charge on any atom is -0.389 e. The zero-order valence-electron chi connectivity index (χ0n) is 11.2. The van der Waals surface area contributed by atoms with Crippen LogP contribution >= 0.6 is 23.1 Å². The van der Waals surface area contributed by atoms with Crippen LogP contribution in [0.3, 0.4) is 0 Å². The molecule has 0 bridgehead atoms. The Morgan fingerprint density at radius 1 is 1.52 bits per heavy atom. The molecular formula is C13H14ClN5OS. The van der Waals surface area contributed by atoms with Crippen molar-refractivity contribution in [3.05, 3.63) is 28.7 Å². The van der Waals surface area contributed by atoms with Crippen molar-refractivity contribution in [1.29, 1.82) is 5.26 Å². The second-order valence-corrected chi connectivity index (χ2v) is 6.35. The second kappa shape index (κ2) is 5.64. The topological polar surface area (TPSA) is 88.8 Å². The summed E-state index contributed by atoms with van der Waals surface area (Å²) >= 11 is 7.14. The lowest BCUT2D eigenvalue weighted by molar-refractivity contribution is 0.0157. The van der Waals surface area contributed by atoms with Gasteiger partial charge in [-0.1, -0.05) is 11.6 Å². The Morgan fingerprint density at radius 3 is 2.90 bits per heavy atom. The Bertz CT molecular complexity index is 655. The van der Waals surface area contributed by atoms with E-state index in [2.05, 4.69) is 25.5 Å². The van der Waals surface area contributed by atoms with Crippen molar-refractivity contribution in [2.45, 2.75) is 24.9 Å². The van der Waals surface area contributed by atoms with E-state index in [1.807, 2.05) is 6.07 Å². The van der Waals surface area contributed by atoms with Crippen LogP contribution in [0.4, 0.5) is 5.00 Å². The molecule has 1 aliphatic heterocycles. The molecule has 3 heterocycles. The van der Waals surface area contributed by atoms with Crippen LogP contribution in [-0.2, 0) is 6.42 Å². The van der Waals surface area contributed by atoms with Gasteiger partial charge in [0.2, 0.25) is 0 Å². The molecule has 0 spiro atoms. The molecule has 0 atom stereocenters. The van der Waals surface area contributed by atoms with E-state index < -0.39 is 5.60 Å². The molecule has 0 amide bonds. The second-order valence-electron chi connectivity index (χ2n) is 5.24. The summed E-state index contributed by atoms with van der Waals surface area (Å²) in [5.74, 6) is 0. The average Bonchev–Trinajstić information content (AvgIpc) is 3.09. The van der Waals surface area contributed by atoms with Crippen LogP contribution in [-0.4, -0.2) is 38.4 Å². The van der Waals surface area contributed by atoms with E-state index in [0.717, 1.165) is 10.7 Å². The van der Waals surface area contributed by atoms with Crippen LogP contribution in [0.15, 0.2) is 12.3 Å². The Hall–Kier alpha value is -1.62. The number of rotatable bonds is 3. The molecule has 1 fully saturated rings. The largest absolute Gasteiger partial charge is 0.389 e. The van der Waals surface area contributed by atoms with Gasteiger partial charge < -0.3 is 10.0 Å². The van der Waals surface area contributed by atoms with Gasteiger partial charge >= 0.3 is 0 Å². The van der Waals surface area contributed by atoms with Crippen molar-refractivity contribution in [1.82, 2.24) is 14.6 Å². The Kier molecular flexibility index (Phi) is 3.85. The van der Waals surface area contributed by atoms with Crippen LogP contribution in [0.2, 0.25) is 5.15 Å². The first kappa shape index (κ1) is 14.3. The molecule has 8 heteroatoms. The first-order valence-corrected chi connectivity index (χ1v) is 7.77. The highest BCUT2D eigenvalue weighted by Gasteiger charge is 2.34. The summed E-state index contributed by atoms with van der Waals surface area (Å²) in [5.41, 5.74) is 0.634. The summed E-state index contributed by atoms with van der Waals surface area (Å²) < 4.78 is 4.03. The number of hydrogen-bond acceptors (Lipinski definition) is 6. The van der Waals surface area contributed by atoms with E-state index in [4.69, 9.17) is 16.9 Å². The van der Waals surface area contributed by atoms with Gasteiger partial charge in [-0.25, -0.2) is 0 Å². The van der Waals surface area contributed by atoms with Crippen LogP contribution in [0, 0.1) is 11.3 Å². The zero-order chi connectivity index (χ0) is 14.9. The first-order chi connectivity index (χ1) is 10.1. The van der Waals surface area contributed by atoms with Gasteiger partial charge in [0.05, 0.1) is 5.60 Å². The average molecular weight is 324 g/mol. The lowest BCUT2D eigenvalue weighted by Gasteiger charge is -2.38. The number of nitriles is 1. The molecule has 0 unspecified atom stereocenters. The van der Waals surface area contributed by atoms with Crippen molar-refractivity contribution in [3.8, 4) is 6.07 Å². The predicted octanol–water partition coefficient (Wildman–Crippen LogP) is 1.97. The van der Waals surface area contributed by atoms with Gasteiger partial charge in [0.25, 0.3) is 0 Å². The fraction of sp³-hybridized carbons (Fsp3) is 0.462. The predicted molar refractivity (Wildman–Crippen MR) is 80.5 cm³/mol. The lowest BCUT2D eigenvalue weighted by Crippen LogP contribution is -2.45. The molecule has 3 rings (SSSR count). The SMILES string of the molecule is N#Cc1c(Cl)nsc1N1CCC(O)(Cc2ccn[nH]2)CC1. The number of halogens is 1. The van der Waals surface area contributed by atoms with Crippen molar-refractivity contribution in [2.75, 3.05) is 18.0 Å². The van der Waals surface area contributed by atoms with Crippen molar-refractivity contribution in [2.24, 2.45) is 0 Å². The molecule has 6 nitrogen and oxygen atoms in total. The fourth-order valence-corrected chi connectivity index (χ4v) is 3.69. The third kappa shape index (κ3) is 2.88. The smallest absolute Gasteiger partial charge is 0.162 e. The highest BCUT2D eigenvalue weighted by Crippen LogP contribution is 2.35. The summed E-state index contributed by atoms with van der Waals surface area (Å²) in [6, 6.07) is 3.97. The lowest BCUT2D eigenvalue weighted by atomic mass is 9.87. The molecule has 2 N–H and O–H groups in total. The maximum Gasteiger partial charge on any atom is 0.162 e. The molecule has 110 valence electrons. The summed E-state index contributed by atoms with van der Waals surface area (Å²) in [6.45, 7) is 1.36. The van der Waals surface area contributed by atoms with Gasteiger partial charge in [0, 0.05) is 31.4 Å². The van der Waals surface area contributed by atoms with E-state index in [0.29, 0.717) is 37.9 Å². The minimum absolute atomic E-state index is 0.260. The monoisotopic (exact) mass is 323 g/mol. The van der Waals surface area contributed by atoms with Gasteiger partial charge in [0.1, 0.15) is 16.6 Å². The number of aromatic amines is 1. The first-order valence-electron chi connectivity index (χ1n) is 6.62. The number of nitrogens with zero attached hydrogens (tertiary/aromatic N) is 4. The van der Waals surface area contributed by atoms with Gasteiger partial charge in [-0.3, -0.25) is 5.10 Å². The number of piperidine rings is 1. The van der Waals surface area contributed by atoms with Gasteiger partial charge in [-0.15, -0.1) is 0 Å². The number of aliphatic hydroxyl groups is 1. The standard InChI is InChI=1S/C13H14ClN5OS/c14-11-10(8-15)12(21-18-11)19-5-2-13(20,3-6-19)7-9-1-4-16-17-9/h1,4,20H,2-3,5-7H2,(H,16,17). The van der Waals surface area contributed by atoms with Gasteiger partial charge in [-0.05, 0) is 30.4 Å². The molecule has 21 heavy (non-hydrogen) atoms. The molecule has 1 aliphatic rings. The number of H-pyrrole nitrogens is 1. The molecule has 2 aromatic rings. The zero-order valence-corrected chi connectivity index (χ0v) is 12.8. The molecule has 2 aromatic heterocycles. The fourth-order valence-electron chi connectivity index (χ4n) is 2.61. The van der Waals surface area contributed by atoms with E-state index in [-0.39, 0.29) is 5.15 Å². The van der Waals surface area contributed by atoms with Crippen molar-refractivity contribution < 1.29 is 5.11 Å². The van der Waals surface area contributed by atoms with Crippen LogP contribution in [0.25, 0.3) is 0 Å². The maximum absolute atomic E-state index is 10.7. The third-order valence-corrected chi connectivity index (χ3v) is 5.09. The highest BCUT2D eigenvalue weighted by molar-refractivity contribution is 7.10. The van der Waals surface area contributed by atoms with Gasteiger partial charge in [-0.2, -0.15) is 14.7 Å². The van der Waals surface area contributed by atoms with Crippen LogP contribution in [0.1, 0.15) is 24.1 Å². The number of aromatic nitrogens is 3. The summed E-state index contributed by atoms with van der Waals surface area (Å²) in [7, 11) is 0. The number of anilines is 1. The molecule has 0 saturated carbocycles. The molecule has 0 aromatic carbocycles. The van der Waals surface area contributed by atoms with E-state index in [9.17, 15) is 5.11 Å². The van der Waals surface area contributed by atoms with Crippen molar-refractivity contribution >= 4 is 28.1 Å².